The summed E-state index contributed by atoms with van der Waals surface area (Å²) in [5.41, 5.74) is 8.88. The zero-order valence-corrected chi connectivity index (χ0v) is 11.3. The molecule has 3 nitrogen and oxygen atoms in total. The molecular formula is C16H16FN3. The van der Waals surface area contributed by atoms with Gasteiger partial charge >= 0.3 is 0 Å². The van der Waals surface area contributed by atoms with Gasteiger partial charge in [-0.15, -0.1) is 0 Å². The fraction of sp³-hybridized carbons (Fsp3) is 0.188. The molecule has 0 aliphatic heterocycles. The van der Waals surface area contributed by atoms with Crippen LogP contribution in [0.2, 0.25) is 0 Å². The minimum absolute atomic E-state index is 0.275. The molecule has 0 fully saturated rings. The molecule has 102 valence electrons. The summed E-state index contributed by atoms with van der Waals surface area (Å²) in [4.78, 5) is 4.46. The van der Waals surface area contributed by atoms with Gasteiger partial charge in [-0.2, -0.15) is 0 Å². The van der Waals surface area contributed by atoms with E-state index in [1.807, 2.05) is 41.8 Å². The molecule has 2 aromatic carbocycles. The summed E-state index contributed by atoms with van der Waals surface area (Å²) in [5.74, 6) is 0.585. The van der Waals surface area contributed by atoms with Gasteiger partial charge in [-0.05, 0) is 36.8 Å². The highest BCUT2D eigenvalue weighted by atomic mass is 19.1. The second-order valence-electron chi connectivity index (χ2n) is 4.80. The molecule has 0 bridgehead atoms. The Morgan fingerprint density at radius 3 is 2.75 bits per heavy atom. The number of aryl methyl sites for hydroxylation is 1. The molecule has 1 heterocycles. The minimum atomic E-state index is -0.275. The standard InChI is InChI=1S/C16H16FN3/c1-2-20-14-8-4-7-13(17)16(14)19-15(20)10-11-5-3-6-12(18)9-11/h3-9H,2,10,18H2,1H3. The van der Waals surface area contributed by atoms with Gasteiger partial charge in [0.2, 0.25) is 0 Å². The molecule has 0 spiro atoms. The second-order valence-corrected chi connectivity index (χ2v) is 4.80. The number of benzene rings is 2. The lowest BCUT2D eigenvalue weighted by Gasteiger charge is -2.06. The Bertz CT molecular complexity index is 762. The molecule has 20 heavy (non-hydrogen) atoms. The molecule has 0 aliphatic rings. The number of para-hydroxylation sites is 1. The van der Waals surface area contributed by atoms with Gasteiger partial charge in [0.05, 0.1) is 5.52 Å². The van der Waals surface area contributed by atoms with E-state index in [4.69, 9.17) is 5.73 Å². The number of anilines is 1. The summed E-state index contributed by atoms with van der Waals surface area (Å²) in [7, 11) is 0. The monoisotopic (exact) mass is 269 g/mol. The van der Waals surface area contributed by atoms with Crippen LogP contribution in [-0.4, -0.2) is 9.55 Å². The van der Waals surface area contributed by atoms with E-state index in [2.05, 4.69) is 4.98 Å². The van der Waals surface area contributed by atoms with Crippen molar-refractivity contribution in [3.05, 3.63) is 59.7 Å². The van der Waals surface area contributed by atoms with Crippen molar-refractivity contribution in [3.8, 4) is 0 Å². The first-order valence-corrected chi connectivity index (χ1v) is 6.67. The maximum atomic E-state index is 13.8. The number of imidazole rings is 1. The Morgan fingerprint density at radius 2 is 2.00 bits per heavy atom. The van der Waals surface area contributed by atoms with E-state index in [9.17, 15) is 4.39 Å². The van der Waals surface area contributed by atoms with E-state index >= 15 is 0 Å². The SMILES string of the molecule is CCn1c(Cc2cccc(N)c2)nc2c(F)cccc21. The highest BCUT2D eigenvalue weighted by Gasteiger charge is 2.12. The first kappa shape index (κ1) is 12.7. The number of fused-ring (bicyclic) bond motifs is 1. The van der Waals surface area contributed by atoms with E-state index < -0.39 is 0 Å². The molecule has 3 aromatic rings. The number of nitrogen functional groups attached to an aromatic ring is 1. The van der Waals surface area contributed by atoms with Crippen molar-refractivity contribution in [3.63, 3.8) is 0 Å². The molecule has 0 saturated carbocycles. The number of rotatable bonds is 3. The minimum Gasteiger partial charge on any atom is -0.399 e. The van der Waals surface area contributed by atoms with Gasteiger partial charge in [-0.1, -0.05) is 18.2 Å². The Morgan fingerprint density at radius 1 is 1.20 bits per heavy atom. The van der Waals surface area contributed by atoms with Crippen LogP contribution >= 0.6 is 0 Å². The first-order valence-electron chi connectivity index (χ1n) is 6.67. The fourth-order valence-corrected chi connectivity index (χ4v) is 2.53. The van der Waals surface area contributed by atoms with Crippen molar-refractivity contribution in [1.29, 1.82) is 0 Å². The number of hydrogen-bond donors (Lipinski definition) is 1. The van der Waals surface area contributed by atoms with Crippen molar-refractivity contribution in [2.45, 2.75) is 19.9 Å². The second kappa shape index (κ2) is 4.96. The van der Waals surface area contributed by atoms with Crippen molar-refractivity contribution in [2.75, 3.05) is 5.73 Å². The molecule has 1 aromatic heterocycles. The van der Waals surface area contributed by atoms with E-state index in [0.717, 1.165) is 29.1 Å². The van der Waals surface area contributed by atoms with E-state index in [-0.39, 0.29) is 5.82 Å². The highest BCUT2D eigenvalue weighted by Crippen LogP contribution is 2.21. The average Bonchev–Trinajstić information content (AvgIpc) is 2.77. The lowest BCUT2D eigenvalue weighted by Crippen LogP contribution is -2.02. The van der Waals surface area contributed by atoms with E-state index in [1.165, 1.54) is 6.07 Å². The number of nitrogens with zero attached hydrogens (tertiary/aromatic N) is 2. The van der Waals surface area contributed by atoms with Crippen molar-refractivity contribution in [2.24, 2.45) is 0 Å². The van der Waals surface area contributed by atoms with Gasteiger partial charge in [-0.25, -0.2) is 9.37 Å². The molecule has 3 rings (SSSR count). The Kier molecular flexibility index (Phi) is 3.14. The Hall–Kier alpha value is -2.36. The Balaban J connectivity index is 2.09. The van der Waals surface area contributed by atoms with Gasteiger partial charge in [0.1, 0.15) is 11.3 Å². The number of hydrogen-bond acceptors (Lipinski definition) is 2. The van der Waals surface area contributed by atoms with Gasteiger partial charge in [0.25, 0.3) is 0 Å². The smallest absolute Gasteiger partial charge is 0.151 e. The fourth-order valence-electron chi connectivity index (χ4n) is 2.53. The first-order chi connectivity index (χ1) is 9.69. The molecule has 2 N–H and O–H groups in total. The summed E-state index contributed by atoms with van der Waals surface area (Å²) in [5, 5.41) is 0. The van der Waals surface area contributed by atoms with Crippen molar-refractivity contribution < 1.29 is 4.39 Å². The topological polar surface area (TPSA) is 43.8 Å². The number of aromatic nitrogens is 2. The maximum Gasteiger partial charge on any atom is 0.151 e. The molecule has 0 unspecified atom stereocenters. The third kappa shape index (κ3) is 2.13. The van der Waals surface area contributed by atoms with Crippen LogP contribution in [0, 0.1) is 5.82 Å². The maximum absolute atomic E-state index is 13.8. The molecule has 4 heteroatoms. The van der Waals surface area contributed by atoms with Crippen LogP contribution in [0.5, 0.6) is 0 Å². The van der Waals surface area contributed by atoms with Gasteiger partial charge < -0.3 is 10.3 Å². The quantitative estimate of drug-likeness (QED) is 0.741. The summed E-state index contributed by atoms with van der Waals surface area (Å²) in [6.45, 7) is 2.80. The predicted molar refractivity (Wildman–Crippen MR) is 79.0 cm³/mol. The zero-order valence-electron chi connectivity index (χ0n) is 11.3. The average molecular weight is 269 g/mol. The van der Waals surface area contributed by atoms with Crippen LogP contribution in [0.25, 0.3) is 11.0 Å². The summed E-state index contributed by atoms with van der Waals surface area (Å²) >= 11 is 0. The third-order valence-electron chi connectivity index (χ3n) is 3.44. The Labute approximate surface area is 116 Å². The molecule has 0 atom stereocenters. The summed E-state index contributed by atoms with van der Waals surface area (Å²) < 4.78 is 15.9. The molecule has 0 aliphatic carbocycles. The van der Waals surface area contributed by atoms with Crippen molar-refractivity contribution >= 4 is 16.7 Å². The molecule has 0 saturated heterocycles. The van der Waals surface area contributed by atoms with Gasteiger partial charge in [-0.3, -0.25) is 0 Å². The normalized spacial score (nSPS) is 11.1. The van der Waals surface area contributed by atoms with E-state index in [0.29, 0.717) is 11.9 Å². The number of halogens is 1. The summed E-state index contributed by atoms with van der Waals surface area (Å²) in [6.07, 6.45) is 0.646. The molecule has 0 amide bonds. The predicted octanol–water partition coefficient (Wildman–Crippen LogP) is 3.37. The van der Waals surface area contributed by atoms with Crippen LogP contribution in [0.3, 0.4) is 0 Å². The van der Waals surface area contributed by atoms with Crippen LogP contribution in [-0.2, 0) is 13.0 Å². The third-order valence-corrected chi connectivity index (χ3v) is 3.44. The van der Waals surface area contributed by atoms with Crippen LogP contribution in [0.1, 0.15) is 18.3 Å². The largest absolute Gasteiger partial charge is 0.399 e. The van der Waals surface area contributed by atoms with Crippen LogP contribution in [0.4, 0.5) is 10.1 Å². The van der Waals surface area contributed by atoms with Crippen LogP contribution < -0.4 is 5.73 Å². The highest BCUT2D eigenvalue weighted by molar-refractivity contribution is 5.76. The molecular weight excluding hydrogens is 253 g/mol. The molecule has 0 radical (unpaired) electrons. The van der Waals surface area contributed by atoms with Crippen LogP contribution in [0.15, 0.2) is 42.5 Å². The zero-order chi connectivity index (χ0) is 14.1. The van der Waals surface area contributed by atoms with Gasteiger partial charge in [0, 0.05) is 18.7 Å². The lowest BCUT2D eigenvalue weighted by molar-refractivity contribution is 0.637. The lowest BCUT2D eigenvalue weighted by atomic mass is 10.1. The van der Waals surface area contributed by atoms with Crippen molar-refractivity contribution in [1.82, 2.24) is 9.55 Å². The van der Waals surface area contributed by atoms with Gasteiger partial charge in [0.15, 0.2) is 5.82 Å². The number of nitrogens with two attached hydrogens (primary N) is 1. The summed E-state index contributed by atoms with van der Waals surface area (Å²) in [6, 6.07) is 12.8. The van der Waals surface area contributed by atoms with E-state index in [1.54, 1.807) is 6.07 Å².